The van der Waals surface area contributed by atoms with Gasteiger partial charge in [-0.3, -0.25) is 9.59 Å². The van der Waals surface area contributed by atoms with Crippen LogP contribution >= 0.6 is 15.9 Å². The summed E-state index contributed by atoms with van der Waals surface area (Å²) in [6, 6.07) is 13.0. The van der Waals surface area contributed by atoms with E-state index >= 15 is 0 Å². The second kappa shape index (κ2) is 8.07. The van der Waals surface area contributed by atoms with Crippen LogP contribution in [0.2, 0.25) is 0 Å². The van der Waals surface area contributed by atoms with E-state index in [1.165, 1.54) is 0 Å². The summed E-state index contributed by atoms with van der Waals surface area (Å²) in [5.41, 5.74) is 2.45. The van der Waals surface area contributed by atoms with E-state index in [1.807, 2.05) is 47.1 Å². The number of carbonyl (C=O) groups is 2. The third-order valence-electron chi connectivity index (χ3n) is 3.86. The molecule has 3 rings (SSSR count). The molecule has 0 atom stereocenters. The normalized spacial score (nSPS) is 10.8. The molecule has 0 bridgehead atoms. The SMILES string of the molecule is O=C(CCC(=O)c1ccc(Br)cc1)NCCc1cn2ccccc2n1. The molecule has 2 aromatic heterocycles. The molecule has 1 aromatic carbocycles. The topological polar surface area (TPSA) is 63.5 Å². The van der Waals surface area contributed by atoms with Crippen LogP contribution in [0.15, 0.2) is 59.3 Å². The number of hydrogen-bond acceptors (Lipinski definition) is 3. The highest BCUT2D eigenvalue weighted by Crippen LogP contribution is 2.12. The van der Waals surface area contributed by atoms with E-state index < -0.39 is 0 Å². The van der Waals surface area contributed by atoms with E-state index in [0.29, 0.717) is 18.5 Å². The zero-order chi connectivity index (χ0) is 17.6. The minimum atomic E-state index is -0.116. The maximum absolute atomic E-state index is 12.0. The van der Waals surface area contributed by atoms with Gasteiger partial charge in [0.2, 0.25) is 5.91 Å². The molecule has 0 saturated heterocycles. The maximum atomic E-state index is 12.0. The molecule has 1 amide bonds. The molecule has 0 aliphatic rings. The molecule has 128 valence electrons. The second-order valence-electron chi connectivity index (χ2n) is 5.73. The first-order valence-electron chi connectivity index (χ1n) is 8.10. The minimum absolute atomic E-state index is 0.0250. The quantitative estimate of drug-likeness (QED) is 0.619. The number of halogens is 1. The summed E-state index contributed by atoms with van der Waals surface area (Å²) in [5, 5.41) is 2.84. The van der Waals surface area contributed by atoms with Crippen molar-refractivity contribution in [3.63, 3.8) is 0 Å². The summed E-state index contributed by atoms with van der Waals surface area (Å²) < 4.78 is 2.88. The molecule has 3 aromatic rings. The van der Waals surface area contributed by atoms with Gasteiger partial charge < -0.3 is 9.72 Å². The van der Waals surface area contributed by atoms with Gasteiger partial charge in [-0.25, -0.2) is 4.98 Å². The zero-order valence-corrected chi connectivity index (χ0v) is 15.2. The fourth-order valence-electron chi connectivity index (χ4n) is 2.53. The van der Waals surface area contributed by atoms with Crippen molar-refractivity contribution in [2.24, 2.45) is 0 Å². The first-order chi connectivity index (χ1) is 12.1. The lowest BCUT2D eigenvalue weighted by molar-refractivity contribution is -0.121. The third kappa shape index (κ3) is 4.76. The van der Waals surface area contributed by atoms with Crippen molar-refractivity contribution < 1.29 is 9.59 Å². The number of nitrogens with one attached hydrogen (secondary N) is 1. The van der Waals surface area contributed by atoms with Crippen LogP contribution in [-0.4, -0.2) is 27.6 Å². The highest BCUT2D eigenvalue weighted by atomic mass is 79.9. The number of fused-ring (bicyclic) bond motifs is 1. The third-order valence-corrected chi connectivity index (χ3v) is 4.39. The molecule has 6 heteroatoms. The highest BCUT2D eigenvalue weighted by Gasteiger charge is 2.09. The number of Topliss-reactive ketones (excluding diaryl/α,β-unsaturated/α-hetero) is 1. The summed E-state index contributed by atoms with van der Waals surface area (Å²) >= 11 is 3.33. The van der Waals surface area contributed by atoms with Gasteiger partial charge in [-0.1, -0.05) is 34.1 Å². The lowest BCUT2D eigenvalue weighted by Crippen LogP contribution is -2.26. The number of hydrogen-bond donors (Lipinski definition) is 1. The average Bonchev–Trinajstić information content (AvgIpc) is 3.03. The smallest absolute Gasteiger partial charge is 0.220 e. The van der Waals surface area contributed by atoms with Crippen LogP contribution in [0.1, 0.15) is 28.9 Å². The zero-order valence-electron chi connectivity index (χ0n) is 13.6. The van der Waals surface area contributed by atoms with Gasteiger partial charge >= 0.3 is 0 Å². The van der Waals surface area contributed by atoms with E-state index in [-0.39, 0.29) is 24.5 Å². The van der Waals surface area contributed by atoms with Gasteiger partial charge in [-0.05, 0) is 24.3 Å². The van der Waals surface area contributed by atoms with E-state index in [4.69, 9.17) is 0 Å². The first kappa shape index (κ1) is 17.4. The summed E-state index contributed by atoms with van der Waals surface area (Å²) in [6.07, 6.45) is 4.96. The number of nitrogens with zero attached hydrogens (tertiary/aromatic N) is 2. The number of carbonyl (C=O) groups excluding carboxylic acids is 2. The number of imidazole rings is 1. The fourth-order valence-corrected chi connectivity index (χ4v) is 2.80. The Bertz CT molecular complexity index is 854. The predicted octanol–water partition coefficient (Wildman–Crippen LogP) is 3.42. The van der Waals surface area contributed by atoms with Crippen LogP contribution in [0.5, 0.6) is 0 Å². The van der Waals surface area contributed by atoms with Crippen molar-refractivity contribution in [1.82, 2.24) is 14.7 Å². The molecule has 0 fully saturated rings. The van der Waals surface area contributed by atoms with E-state index in [0.717, 1.165) is 15.8 Å². The van der Waals surface area contributed by atoms with Gasteiger partial charge in [-0.2, -0.15) is 0 Å². The Kier molecular flexibility index (Phi) is 5.60. The number of aromatic nitrogens is 2. The predicted molar refractivity (Wildman–Crippen MR) is 99.6 cm³/mol. The van der Waals surface area contributed by atoms with Gasteiger partial charge in [-0.15, -0.1) is 0 Å². The van der Waals surface area contributed by atoms with Crippen LogP contribution in [0.25, 0.3) is 5.65 Å². The monoisotopic (exact) mass is 399 g/mol. The maximum Gasteiger partial charge on any atom is 0.220 e. The number of benzene rings is 1. The standard InChI is InChI=1S/C19H18BrN3O2/c20-15-6-4-14(5-7-15)17(24)8-9-19(25)21-11-10-16-13-23-12-2-1-3-18(23)22-16/h1-7,12-13H,8-11H2,(H,21,25). The summed E-state index contributed by atoms with van der Waals surface area (Å²) in [5.74, 6) is -0.141. The van der Waals surface area contributed by atoms with Crippen LogP contribution in [0.4, 0.5) is 0 Å². The Morgan fingerprint density at radius 2 is 1.88 bits per heavy atom. The Balaban J connectivity index is 1.42. The summed E-state index contributed by atoms with van der Waals surface area (Å²) in [6.45, 7) is 0.509. The number of ketones is 1. The van der Waals surface area contributed by atoms with Crippen LogP contribution in [-0.2, 0) is 11.2 Å². The first-order valence-corrected chi connectivity index (χ1v) is 8.89. The summed E-state index contributed by atoms with van der Waals surface area (Å²) in [4.78, 5) is 28.4. The summed E-state index contributed by atoms with van der Waals surface area (Å²) in [7, 11) is 0. The van der Waals surface area contributed by atoms with Crippen LogP contribution in [0.3, 0.4) is 0 Å². The second-order valence-corrected chi connectivity index (χ2v) is 6.64. The van der Waals surface area contributed by atoms with E-state index in [2.05, 4.69) is 26.2 Å². The van der Waals surface area contributed by atoms with Crippen LogP contribution < -0.4 is 5.32 Å². The molecule has 25 heavy (non-hydrogen) atoms. The van der Waals surface area contributed by atoms with Crippen molar-refractivity contribution in [2.45, 2.75) is 19.3 Å². The molecular weight excluding hydrogens is 382 g/mol. The molecule has 5 nitrogen and oxygen atoms in total. The lowest BCUT2D eigenvalue weighted by Gasteiger charge is -2.04. The van der Waals surface area contributed by atoms with E-state index in [1.54, 1.807) is 12.1 Å². The molecule has 0 unspecified atom stereocenters. The molecule has 0 radical (unpaired) electrons. The van der Waals surface area contributed by atoms with Crippen molar-refractivity contribution in [2.75, 3.05) is 6.54 Å². The fraction of sp³-hybridized carbons (Fsp3) is 0.211. The van der Waals surface area contributed by atoms with Crippen molar-refractivity contribution in [3.05, 3.63) is 70.6 Å². The van der Waals surface area contributed by atoms with Crippen molar-refractivity contribution >= 4 is 33.3 Å². The number of amides is 1. The average molecular weight is 400 g/mol. The molecule has 0 aliphatic heterocycles. The minimum Gasteiger partial charge on any atom is -0.356 e. The van der Waals surface area contributed by atoms with Gasteiger partial charge in [0.1, 0.15) is 5.65 Å². The van der Waals surface area contributed by atoms with E-state index in [9.17, 15) is 9.59 Å². The number of rotatable bonds is 7. The van der Waals surface area contributed by atoms with Crippen molar-refractivity contribution in [3.8, 4) is 0 Å². The highest BCUT2D eigenvalue weighted by molar-refractivity contribution is 9.10. The van der Waals surface area contributed by atoms with Gasteiger partial charge in [0.05, 0.1) is 5.69 Å². The Morgan fingerprint density at radius 3 is 2.64 bits per heavy atom. The lowest BCUT2D eigenvalue weighted by atomic mass is 10.1. The molecular formula is C19H18BrN3O2. The molecule has 0 saturated carbocycles. The largest absolute Gasteiger partial charge is 0.356 e. The molecule has 0 aliphatic carbocycles. The Morgan fingerprint density at radius 1 is 1.08 bits per heavy atom. The Hall–Kier alpha value is -2.47. The van der Waals surface area contributed by atoms with Gasteiger partial charge in [0.15, 0.2) is 5.78 Å². The number of pyridine rings is 1. The molecule has 0 spiro atoms. The molecule has 2 heterocycles. The molecule has 1 N–H and O–H groups in total. The van der Waals surface area contributed by atoms with Gasteiger partial charge in [0.25, 0.3) is 0 Å². The van der Waals surface area contributed by atoms with Crippen molar-refractivity contribution in [1.29, 1.82) is 0 Å². The van der Waals surface area contributed by atoms with Gasteiger partial charge in [0, 0.05) is 48.2 Å². The Labute approximate surface area is 154 Å². The van der Waals surface area contributed by atoms with Crippen LogP contribution in [0, 0.1) is 0 Å².